The zero-order valence-electron chi connectivity index (χ0n) is 14.2. The summed E-state index contributed by atoms with van der Waals surface area (Å²) < 4.78 is 12.7. The van der Waals surface area contributed by atoms with Crippen molar-refractivity contribution in [3.63, 3.8) is 0 Å². The van der Waals surface area contributed by atoms with E-state index in [1.165, 1.54) is 0 Å². The Morgan fingerprint density at radius 3 is 3.00 bits per heavy atom. The van der Waals surface area contributed by atoms with Gasteiger partial charge in [0.15, 0.2) is 17.2 Å². The number of imidazole rings is 1. The van der Waals surface area contributed by atoms with Crippen molar-refractivity contribution in [3.05, 3.63) is 42.6 Å². The van der Waals surface area contributed by atoms with Crippen LogP contribution in [0.3, 0.4) is 0 Å². The van der Waals surface area contributed by atoms with Crippen molar-refractivity contribution in [2.24, 2.45) is 0 Å². The number of unbranched alkanes of at least 4 members (excludes halogenated alkanes) is 2. The summed E-state index contributed by atoms with van der Waals surface area (Å²) in [7, 11) is 0. The maximum absolute atomic E-state index is 12.1. The zero-order valence-corrected chi connectivity index (χ0v) is 14.2. The standard InChI is InChI=1S/C18H21N3O4/c1-2-3-7-15-17(22)21(18(23)25-15)11-4-5-13-24-14-8-6-10-20-12-9-19-16(14)20/h6-10,12H,2-5,11,13H2,1H3. The fourth-order valence-electron chi connectivity index (χ4n) is 2.59. The molecule has 1 saturated heterocycles. The van der Waals surface area contributed by atoms with Crippen LogP contribution in [0.2, 0.25) is 0 Å². The van der Waals surface area contributed by atoms with E-state index in [2.05, 4.69) is 4.98 Å². The molecule has 2 amide bonds. The first-order chi connectivity index (χ1) is 12.2. The smallest absolute Gasteiger partial charge is 0.422 e. The quantitative estimate of drug-likeness (QED) is 0.544. The highest BCUT2D eigenvalue weighted by Crippen LogP contribution is 2.19. The molecular weight excluding hydrogens is 322 g/mol. The Morgan fingerprint density at radius 1 is 1.28 bits per heavy atom. The van der Waals surface area contributed by atoms with E-state index in [-0.39, 0.29) is 11.7 Å². The van der Waals surface area contributed by atoms with E-state index in [1.54, 1.807) is 12.3 Å². The third-order valence-electron chi connectivity index (χ3n) is 3.91. The van der Waals surface area contributed by atoms with Crippen LogP contribution >= 0.6 is 0 Å². The molecule has 0 unspecified atom stereocenters. The fraction of sp³-hybridized carbons (Fsp3) is 0.389. The minimum atomic E-state index is -0.588. The van der Waals surface area contributed by atoms with Crippen LogP contribution in [0.15, 0.2) is 42.6 Å². The first-order valence-corrected chi connectivity index (χ1v) is 8.49. The van der Waals surface area contributed by atoms with Crippen molar-refractivity contribution in [1.29, 1.82) is 0 Å². The third-order valence-corrected chi connectivity index (χ3v) is 3.91. The molecule has 0 atom stereocenters. The maximum Gasteiger partial charge on any atom is 0.422 e. The maximum atomic E-state index is 12.1. The Labute approximate surface area is 145 Å². The molecule has 132 valence electrons. The van der Waals surface area contributed by atoms with Gasteiger partial charge in [0.2, 0.25) is 0 Å². The lowest BCUT2D eigenvalue weighted by molar-refractivity contribution is -0.123. The van der Waals surface area contributed by atoms with E-state index in [0.717, 1.165) is 23.4 Å². The summed E-state index contributed by atoms with van der Waals surface area (Å²) in [5.74, 6) is 0.518. The van der Waals surface area contributed by atoms with Gasteiger partial charge in [-0.1, -0.05) is 13.3 Å². The predicted octanol–water partition coefficient (Wildman–Crippen LogP) is 3.16. The van der Waals surface area contributed by atoms with Gasteiger partial charge >= 0.3 is 6.09 Å². The van der Waals surface area contributed by atoms with Crippen LogP contribution in [0.5, 0.6) is 5.75 Å². The number of allylic oxidation sites excluding steroid dienone is 1. The number of carbonyl (C=O) groups is 2. The Hall–Kier alpha value is -2.83. The minimum absolute atomic E-state index is 0.147. The van der Waals surface area contributed by atoms with Crippen LogP contribution < -0.4 is 4.74 Å². The van der Waals surface area contributed by atoms with E-state index in [9.17, 15) is 9.59 Å². The molecule has 0 aromatic carbocycles. The van der Waals surface area contributed by atoms with Gasteiger partial charge in [0, 0.05) is 25.1 Å². The molecule has 25 heavy (non-hydrogen) atoms. The summed E-state index contributed by atoms with van der Waals surface area (Å²) >= 11 is 0. The van der Waals surface area contributed by atoms with E-state index >= 15 is 0 Å². The van der Waals surface area contributed by atoms with Crippen LogP contribution in [0, 0.1) is 0 Å². The van der Waals surface area contributed by atoms with Gasteiger partial charge in [0.05, 0.1) is 6.61 Å². The lowest BCUT2D eigenvalue weighted by Crippen LogP contribution is -2.30. The topological polar surface area (TPSA) is 73.1 Å². The normalized spacial score (nSPS) is 16.0. The molecule has 2 aromatic heterocycles. The van der Waals surface area contributed by atoms with Gasteiger partial charge in [0.1, 0.15) is 0 Å². The van der Waals surface area contributed by atoms with Gasteiger partial charge in [-0.15, -0.1) is 0 Å². The molecule has 7 heteroatoms. The number of cyclic esters (lactones) is 1. The van der Waals surface area contributed by atoms with E-state index in [0.29, 0.717) is 31.7 Å². The first kappa shape index (κ1) is 17.0. The van der Waals surface area contributed by atoms with Crippen LogP contribution in [-0.4, -0.2) is 39.4 Å². The van der Waals surface area contributed by atoms with Crippen molar-refractivity contribution in [2.45, 2.75) is 32.6 Å². The highest BCUT2D eigenvalue weighted by molar-refractivity contribution is 6.07. The SMILES string of the molecule is CCCC=C1OC(=O)N(CCCCOc2cccn3ccnc23)C1=O. The highest BCUT2D eigenvalue weighted by Gasteiger charge is 2.35. The van der Waals surface area contributed by atoms with Gasteiger partial charge < -0.3 is 13.9 Å². The third kappa shape index (κ3) is 3.81. The summed E-state index contributed by atoms with van der Waals surface area (Å²) in [6, 6.07) is 3.77. The van der Waals surface area contributed by atoms with E-state index in [4.69, 9.17) is 9.47 Å². The van der Waals surface area contributed by atoms with Crippen molar-refractivity contribution < 1.29 is 19.1 Å². The molecule has 3 heterocycles. The molecular formula is C18H21N3O4. The average Bonchev–Trinajstić information content (AvgIpc) is 3.19. The summed E-state index contributed by atoms with van der Waals surface area (Å²) in [5.41, 5.74) is 0.770. The first-order valence-electron chi connectivity index (χ1n) is 8.49. The number of nitrogens with zero attached hydrogens (tertiary/aromatic N) is 3. The van der Waals surface area contributed by atoms with Gasteiger partial charge in [-0.05, 0) is 37.5 Å². The summed E-state index contributed by atoms with van der Waals surface area (Å²) in [6.45, 7) is 2.82. The molecule has 0 radical (unpaired) electrons. The number of imide groups is 1. The molecule has 0 spiro atoms. The molecule has 7 nitrogen and oxygen atoms in total. The molecule has 3 rings (SSSR count). The van der Waals surface area contributed by atoms with Gasteiger partial charge in [-0.3, -0.25) is 4.79 Å². The second kappa shape index (κ2) is 7.83. The molecule has 0 N–H and O–H groups in total. The second-order valence-corrected chi connectivity index (χ2v) is 5.77. The average molecular weight is 343 g/mol. The van der Waals surface area contributed by atoms with Gasteiger partial charge in [0.25, 0.3) is 5.91 Å². The minimum Gasteiger partial charge on any atom is -0.490 e. The molecule has 1 aliphatic rings. The zero-order chi connectivity index (χ0) is 17.6. The number of aromatic nitrogens is 2. The lowest BCUT2D eigenvalue weighted by atomic mass is 10.2. The number of hydrogen-bond acceptors (Lipinski definition) is 5. The van der Waals surface area contributed by atoms with Crippen LogP contribution in [-0.2, 0) is 9.53 Å². The number of amides is 2. The molecule has 1 aliphatic heterocycles. The Morgan fingerprint density at radius 2 is 2.16 bits per heavy atom. The largest absolute Gasteiger partial charge is 0.490 e. The van der Waals surface area contributed by atoms with Crippen LogP contribution in [0.1, 0.15) is 32.6 Å². The number of hydrogen-bond donors (Lipinski definition) is 0. The number of rotatable bonds is 8. The van der Waals surface area contributed by atoms with E-state index < -0.39 is 6.09 Å². The van der Waals surface area contributed by atoms with Crippen molar-refractivity contribution >= 4 is 17.6 Å². The molecule has 2 aromatic rings. The highest BCUT2D eigenvalue weighted by atomic mass is 16.6. The van der Waals surface area contributed by atoms with Crippen molar-refractivity contribution in [1.82, 2.24) is 14.3 Å². The van der Waals surface area contributed by atoms with Crippen molar-refractivity contribution in [2.75, 3.05) is 13.2 Å². The molecule has 0 bridgehead atoms. The van der Waals surface area contributed by atoms with E-state index in [1.807, 2.05) is 35.9 Å². The van der Waals surface area contributed by atoms with Gasteiger partial charge in [-0.25, -0.2) is 14.7 Å². The number of ether oxygens (including phenoxy) is 2. The predicted molar refractivity (Wildman–Crippen MR) is 91.1 cm³/mol. The Bertz CT molecular complexity index is 796. The number of pyridine rings is 1. The fourth-order valence-corrected chi connectivity index (χ4v) is 2.59. The number of carbonyl (C=O) groups excluding carboxylic acids is 2. The van der Waals surface area contributed by atoms with Crippen molar-refractivity contribution in [3.8, 4) is 5.75 Å². The van der Waals surface area contributed by atoms with Gasteiger partial charge in [-0.2, -0.15) is 0 Å². The second-order valence-electron chi connectivity index (χ2n) is 5.77. The monoisotopic (exact) mass is 343 g/mol. The summed E-state index contributed by atoms with van der Waals surface area (Å²) in [6.07, 6.45) is 9.55. The molecule has 0 aliphatic carbocycles. The van der Waals surface area contributed by atoms with Crippen LogP contribution in [0.25, 0.3) is 5.65 Å². The molecule has 1 fully saturated rings. The molecule has 0 saturated carbocycles. The summed E-state index contributed by atoms with van der Waals surface area (Å²) in [4.78, 5) is 29.3. The number of fused-ring (bicyclic) bond motifs is 1. The summed E-state index contributed by atoms with van der Waals surface area (Å²) in [5, 5.41) is 0. The van der Waals surface area contributed by atoms with Crippen LogP contribution in [0.4, 0.5) is 4.79 Å². The Balaban J connectivity index is 1.45. The lowest BCUT2D eigenvalue weighted by Gasteiger charge is -2.10. The Kier molecular flexibility index (Phi) is 5.33.